The lowest BCUT2D eigenvalue weighted by atomic mass is 10.0. The van der Waals surface area contributed by atoms with Gasteiger partial charge < -0.3 is 24.4 Å². The van der Waals surface area contributed by atoms with Gasteiger partial charge >= 0.3 is 0 Å². The number of sulfonamides is 1. The fourth-order valence-corrected chi connectivity index (χ4v) is 6.38. The molecule has 11 heteroatoms. The number of carbonyl (C=O) groups is 2. The van der Waals surface area contributed by atoms with Crippen molar-refractivity contribution in [1.82, 2.24) is 14.9 Å². The van der Waals surface area contributed by atoms with E-state index in [4.69, 9.17) is 14.2 Å². The molecule has 0 radical (unpaired) electrons. The maximum Gasteiger partial charge on any atom is 0.243 e. The van der Waals surface area contributed by atoms with E-state index in [1.807, 2.05) is 72.8 Å². The molecule has 0 unspecified atom stereocenters. The van der Waals surface area contributed by atoms with Crippen LogP contribution in [0.25, 0.3) is 0 Å². The topological polar surface area (TPSA) is 123 Å². The van der Waals surface area contributed by atoms with Gasteiger partial charge in [-0.25, -0.2) is 13.1 Å². The number of hydrogen-bond acceptors (Lipinski definition) is 7. The molecule has 5 rings (SSSR count). The maximum absolute atomic E-state index is 14.1. The fraction of sp³-hybridized carbons (Fsp3) is 0.278. The van der Waals surface area contributed by atoms with Gasteiger partial charge in [0.1, 0.15) is 11.8 Å². The molecule has 10 nitrogen and oxygen atoms in total. The molecule has 0 aliphatic carbocycles. The smallest absolute Gasteiger partial charge is 0.243 e. The summed E-state index contributed by atoms with van der Waals surface area (Å²) in [5.41, 5.74) is 3.42. The van der Waals surface area contributed by atoms with E-state index in [0.29, 0.717) is 30.1 Å². The van der Waals surface area contributed by atoms with E-state index in [1.54, 1.807) is 31.1 Å². The highest BCUT2D eigenvalue weighted by Gasteiger charge is 2.30. The van der Waals surface area contributed by atoms with Gasteiger partial charge in [0.05, 0.1) is 12.0 Å². The highest BCUT2D eigenvalue weighted by atomic mass is 32.2. The Bertz CT molecular complexity index is 1760. The molecular formula is C36H39N3O7S. The zero-order chi connectivity index (χ0) is 33.2. The zero-order valence-corrected chi connectivity index (χ0v) is 27.3. The van der Waals surface area contributed by atoms with Crippen molar-refractivity contribution in [1.29, 1.82) is 0 Å². The van der Waals surface area contributed by atoms with Crippen LogP contribution in [0.3, 0.4) is 0 Å². The number of nitrogens with one attached hydrogen (secondary N) is 2. The molecule has 1 aliphatic heterocycles. The Hall–Kier alpha value is -4.87. The van der Waals surface area contributed by atoms with Gasteiger partial charge in [-0.05, 0) is 65.1 Å². The van der Waals surface area contributed by atoms with Crippen molar-refractivity contribution in [2.45, 2.75) is 50.2 Å². The van der Waals surface area contributed by atoms with Crippen LogP contribution in [0.4, 0.5) is 0 Å². The van der Waals surface area contributed by atoms with E-state index in [2.05, 4.69) is 10.0 Å². The van der Waals surface area contributed by atoms with E-state index >= 15 is 0 Å². The highest BCUT2D eigenvalue weighted by molar-refractivity contribution is 7.89. The summed E-state index contributed by atoms with van der Waals surface area (Å²) in [6.07, 6.45) is 0.805. The molecule has 4 aromatic carbocycles. The number of fused-ring (bicyclic) bond motifs is 1. The summed E-state index contributed by atoms with van der Waals surface area (Å²) in [6, 6.07) is 28.2. The molecule has 1 aliphatic rings. The molecule has 4 aromatic rings. The van der Waals surface area contributed by atoms with Crippen LogP contribution in [0.1, 0.15) is 35.6 Å². The third-order valence-corrected chi connectivity index (χ3v) is 9.44. The lowest BCUT2D eigenvalue weighted by Gasteiger charge is -2.32. The second kappa shape index (κ2) is 15.6. The minimum absolute atomic E-state index is 0.121. The Morgan fingerprint density at radius 3 is 2.23 bits per heavy atom. The van der Waals surface area contributed by atoms with Gasteiger partial charge in [0, 0.05) is 32.5 Å². The number of amides is 2. The summed E-state index contributed by atoms with van der Waals surface area (Å²) in [5.74, 6) is 1.48. The summed E-state index contributed by atoms with van der Waals surface area (Å²) in [4.78, 5) is 29.9. The molecule has 0 fully saturated rings. The van der Waals surface area contributed by atoms with Crippen LogP contribution in [0, 0.1) is 0 Å². The van der Waals surface area contributed by atoms with Crippen molar-refractivity contribution in [2.24, 2.45) is 0 Å². The van der Waals surface area contributed by atoms with E-state index in [1.165, 1.54) is 12.1 Å². The van der Waals surface area contributed by atoms with Crippen molar-refractivity contribution in [3.05, 3.63) is 119 Å². The molecule has 246 valence electrons. The normalized spacial score (nSPS) is 12.7. The van der Waals surface area contributed by atoms with Gasteiger partial charge in [-0.2, -0.15) is 0 Å². The second-order valence-corrected chi connectivity index (χ2v) is 12.9. The Kier molecular flexibility index (Phi) is 11.1. The predicted molar refractivity (Wildman–Crippen MR) is 178 cm³/mol. The summed E-state index contributed by atoms with van der Waals surface area (Å²) in [7, 11) is -1.99. The van der Waals surface area contributed by atoms with Crippen molar-refractivity contribution in [2.75, 3.05) is 20.4 Å². The van der Waals surface area contributed by atoms with Crippen LogP contribution in [-0.4, -0.2) is 51.6 Å². The average molecular weight is 658 g/mol. The van der Waals surface area contributed by atoms with Gasteiger partial charge in [-0.1, -0.05) is 67.6 Å². The molecule has 1 heterocycles. The molecule has 2 N–H and O–H groups in total. The van der Waals surface area contributed by atoms with Gasteiger partial charge in [0.2, 0.25) is 28.6 Å². The number of hydrogen-bond donors (Lipinski definition) is 2. The number of carbonyl (C=O) groups excluding carboxylic acids is 2. The van der Waals surface area contributed by atoms with Crippen LogP contribution in [0.5, 0.6) is 17.2 Å². The summed E-state index contributed by atoms with van der Waals surface area (Å²) >= 11 is 0. The van der Waals surface area contributed by atoms with Crippen molar-refractivity contribution < 1.29 is 32.2 Å². The van der Waals surface area contributed by atoms with Gasteiger partial charge in [0.15, 0.2) is 11.5 Å². The van der Waals surface area contributed by atoms with Crippen LogP contribution in [-0.2, 0) is 45.5 Å². The number of benzene rings is 4. The largest absolute Gasteiger partial charge is 0.497 e. The highest BCUT2D eigenvalue weighted by Crippen LogP contribution is 2.32. The maximum atomic E-state index is 14.1. The number of rotatable bonds is 15. The van der Waals surface area contributed by atoms with Crippen molar-refractivity contribution >= 4 is 21.8 Å². The lowest BCUT2D eigenvalue weighted by Crippen LogP contribution is -2.50. The lowest BCUT2D eigenvalue weighted by molar-refractivity contribution is -0.141. The third-order valence-electron chi connectivity index (χ3n) is 7.88. The first kappa shape index (κ1) is 33.5. The number of nitrogens with zero attached hydrogens (tertiary/aromatic N) is 1. The first-order valence-electron chi connectivity index (χ1n) is 15.5. The number of aryl methyl sites for hydroxylation is 1. The molecule has 2 amide bonds. The molecule has 0 aromatic heterocycles. The summed E-state index contributed by atoms with van der Waals surface area (Å²) < 4.78 is 43.4. The minimum Gasteiger partial charge on any atom is -0.497 e. The minimum atomic E-state index is -3.58. The van der Waals surface area contributed by atoms with E-state index < -0.39 is 16.1 Å². The average Bonchev–Trinajstić information content (AvgIpc) is 3.57. The Labute approximate surface area is 275 Å². The quantitative estimate of drug-likeness (QED) is 0.191. The third kappa shape index (κ3) is 8.90. The Morgan fingerprint density at radius 2 is 1.53 bits per heavy atom. The van der Waals surface area contributed by atoms with Gasteiger partial charge in [-0.15, -0.1) is 0 Å². The SMILES string of the molecule is CCNS(=O)(=O)c1ccc(CCC(=O)N(Cc2ccc(OC)cc2)[C@@H](Cc2ccccc2)C(=O)NCc2ccc3c(c2)OCO3)cc1. The van der Waals surface area contributed by atoms with Gasteiger partial charge in [-0.3, -0.25) is 9.59 Å². The molecule has 47 heavy (non-hydrogen) atoms. The summed E-state index contributed by atoms with van der Waals surface area (Å²) in [6.45, 7) is 2.62. The Balaban J connectivity index is 1.38. The number of ether oxygens (including phenoxy) is 3. The standard InChI is InChI=1S/C36H39N3O7S/c1-3-38-47(42,43)31-17-11-26(12-18-31)14-20-35(40)39(24-28-9-15-30(44-2)16-10-28)32(21-27-7-5-4-6-8-27)36(41)37-23-29-13-19-33-34(22-29)46-25-45-33/h4-13,15-19,22,32,38H,3,14,20-21,23-25H2,1-2H3,(H,37,41)/t32-/m0/s1. The molecule has 0 bridgehead atoms. The number of methoxy groups -OCH3 is 1. The second-order valence-electron chi connectivity index (χ2n) is 11.1. The fourth-order valence-electron chi connectivity index (χ4n) is 5.34. The van der Waals surface area contributed by atoms with E-state index in [0.717, 1.165) is 22.3 Å². The van der Waals surface area contributed by atoms with Crippen LogP contribution in [0.15, 0.2) is 102 Å². The molecule has 0 saturated heterocycles. The molecule has 1 atom stereocenters. The van der Waals surface area contributed by atoms with Crippen molar-refractivity contribution in [3.8, 4) is 17.2 Å². The van der Waals surface area contributed by atoms with E-state index in [9.17, 15) is 18.0 Å². The van der Waals surface area contributed by atoms with Crippen LogP contribution >= 0.6 is 0 Å². The van der Waals surface area contributed by atoms with Crippen LogP contribution < -0.4 is 24.2 Å². The molecular weight excluding hydrogens is 618 g/mol. The van der Waals surface area contributed by atoms with E-state index in [-0.39, 0.29) is 49.6 Å². The monoisotopic (exact) mass is 657 g/mol. The molecule has 0 saturated carbocycles. The molecule has 0 spiro atoms. The first-order valence-corrected chi connectivity index (χ1v) is 16.9. The van der Waals surface area contributed by atoms with Crippen molar-refractivity contribution in [3.63, 3.8) is 0 Å². The zero-order valence-electron chi connectivity index (χ0n) is 26.5. The predicted octanol–water partition coefficient (Wildman–Crippen LogP) is 4.61. The summed E-state index contributed by atoms with van der Waals surface area (Å²) in [5, 5.41) is 3.04. The Morgan fingerprint density at radius 1 is 0.851 bits per heavy atom. The van der Waals surface area contributed by atoms with Gasteiger partial charge in [0.25, 0.3) is 0 Å². The van der Waals surface area contributed by atoms with Crippen LogP contribution in [0.2, 0.25) is 0 Å². The first-order chi connectivity index (χ1) is 22.8.